The molecule has 9 nitrogen and oxygen atoms in total. The van der Waals surface area contributed by atoms with E-state index in [1.807, 2.05) is 0 Å². The molecule has 3 aromatic rings. The number of amidine groups is 1. The van der Waals surface area contributed by atoms with Gasteiger partial charge in [-0.15, -0.1) is 0 Å². The lowest BCUT2D eigenvalue weighted by Crippen LogP contribution is -2.19. The molecule has 0 fully saturated rings. The molecule has 1 aromatic heterocycles. The normalized spacial score (nSPS) is 11.0. The third-order valence-electron chi connectivity index (χ3n) is 4.24. The Morgan fingerprint density at radius 1 is 1.03 bits per heavy atom. The molecule has 31 heavy (non-hydrogen) atoms. The predicted octanol–water partition coefficient (Wildman–Crippen LogP) is 3.45. The highest BCUT2D eigenvalue weighted by molar-refractivity contribution is 9.10. The third kappa shape index (κ3) is 5.37. The lowest BCUT2D eigenvalue weighted by molar-refractivity contribution is 0.102. The molecule has 2 amide bonds. The number of amides is 2. The Bertz CT molecular complexity index is 1130. The summed E-state index contributed by atoms with van der Waals surface area (Å²) in [7, 11) is 1.48. The zero-order valence-corrected chi connectivity index (χ0v) is 17.9. The molecule has 2 aromatic carbocycles. The number of nitrogens with one attached hydrogen (secondary N) is 2. The number of oxime groups is 1. The predicted molar refractivity (Wildman–Crippen MR) is 120 cm³/mol. The number of anilines is 2. The standard InChI is InChI=1S/C21H18BrN5O4/c1-31-15-7-8-17(16(10-15)21(29)26-18-9-6-14(22)11-24-18)25-20(28)13-4-2-12(3-5-13)19(23)27-30/h2-11,30H,1H3,(H2,23,27)(H,25,28)(H,24,26,29). The van der Waals surface area contributed by atoms with Crippen LogP contribution >= 0.6 is 15.9 Å². The second-order valence-electron chi connectivity index (χ2n) is 6.24. The van der Waals surface area contributed by atoms with Crippen molar-refractivity contribution in [1.82, 2.24) is 4.98 Å². The minimum atomic E-state index is -0.466. The van der Waals surface area contributed by atoms with Crippen LogP contribution in [0.1, 0.15) is 26.3 Å². The van der Waals surface area contributed by atoms with Crippen LogP contribution in [0.5, 0.6) is 5.75 Å². The van der Waals surface area contributed by atoms with Crippen LogP contribution in [0, 0.1) is 0 Å². The van der Waals surface area contributed by atoms with Crippen LogP contribution in [0.25, 0.3) is 0 Å². The summed E-state index contributed by atoms with van der Waals surface area (Å²) in [4.78, 5) is 29.6. The average Bonchev–Trinajstić information content (AvgIpc) is 2.80. The zero-order valence-electron chi connectivity index (χ0n) is 16.3. The van der Waals surface area contributed by atoms with Gasteiger partial charge in [0.15, 0.2) is 5.84 Å². The number of halogens is 1. The van der Waals surface area contributed by atoms with E-state index in [0.717, 1.165) is 4.47 Å². The van der Waals surface area contributed by atoms with Crippen molar-refractivity contribution in [3.63, 3.8) is 0 Å². The maximum atomic E-state index is 12.8. The topological polar surface area (TPSA) is 139 Å². The van der Waals surface area contributed by atoms with Gasteiger partial charge in [-0.05, 0) is 58.4 Å². The molecular formula is C21H18BrN5O4. The van der Waals surface area contributed by atoms with Crippen molar-refractivity contribution < 1.29 is 19.5 Å². The number of carbonyl (C=O) groups is 2. The molecule has 0 aliphatic rings. The van der Waals surface area contributed by atoms with Crippen molar-refractivity contribution in [3.05, 3.63) is 82.0 Å². The van der Waals surface area contributed by atoms with Crippen LogP contribution in [-0.4, -0.2) is 35.0 Å². The summed E-state index contributed by atoms with van der Waals surface area (Å²) in [6.45, 7) is 0. The summed E-state index contributed by atoms with van der Waals surface area (Å²) in [5.41, 5.74) is 6.81. The molecule has 0 radical (unpaired) electrons. The minimum Gasteiger partial charge on any atom is -0.497 e. The fourth-order valence-corrected chi connectivity index (χ4v) is 2.86. The Hall–Kier alpha value is -3.92. The number of benzene rings is 2. The van der Waals surface area contributed by atoms with Gasteiger partial charge in [0.05, 0.1) is 18.4 Å². The van der Waals surface area contributed by atoms with Crippen molar-refractivity contribution in [2.45, 2.75) is 0 Å². The van der Waals surface area contributed by atoms with Crippen molar-refractivity contribution in [1.29, 1.82) is 0 Å². The van der Waals surface area contributed by atoms with E-state index in [0.29, 0.717) is 28.4 Å². The number of pyridine rings is 1. The van der Waals surface area contributed by atoms with Crippen molar-refractivity contribution >= 4 is 45.1 Å². The first-order valence-corrected chi connectivity index (χ1v) is 9.71. The SMILES string of the molecule is COc1ccc(NC(=O)c2ccc(/C(N)=N/O)cc2)c(C(=O)Nc2ccc(Br)cn2)c1. The lowest BCUT2D eigenvalue weighted by Gasteiger charge is -2.13. The van der Waals surface area contributed by atoms with Gasteiger partial charge < -0.3 is 26.3 Å². The van der Waals surface area contributed by atoms with Crippen LogP contribution in [-0.2, 0) is 0 Å². The maximum Gasteiger partial charge on any atom is 0.259 e. The molecule has 158 valence electrons. The van der Waals surface area contributed by atoms with E-state index in [1.165, 1.54) is 25.3 Å². The third-order valence-corrected chi connectivity index (χ3v) is 4.71. The molecule has 0 bridgehead atoms. The summed E-state index contributed by atoms with van der Waals surface area (Å²) in [6, 6.07) is 14.3. The zero-order chi connectivity index (χ0) is 22.4. The molecule has 0 saturated heterocycles. The number of ether oxygens (including phenoxy) is 1. The van der Waals surface area contributed by atoms with Crippen LogP contribution in [0.4, 0.5) is 11.5 Å². The van der Waals surface area contributed by atoms with Gasteiger partial charge in [0.25, 0.3) is 11.8 Å². The fourth-order valence-electron chi connectivity index (χ4n) is 2.63. The minimum absolute atomic E-state index is 0.0670. The second kappa shape index (κ2) is 9.72. The number of carbonyl (C=O) groups excluding carboxylic acids is 2. The van der Waals surface area contributed by atoms with Gasteiger partial charge in [0.2, 0.25) is 0 Å². The summed E-state index contributed by atoms with van der Waals surface area (Å²) >= 11 is 3.29. The van der Waals surface area contributed by atoms with E-state index in [1.54, 1.807) is 42.6 Å². The van der Waals surface area contributed by atoms with Gasteiger partial charge in [0, 0.05) is 21.8 Å². The molecule has 0 unspecified atom stereocenters. The highest BCUT2D eigenvalue weighted by Crippen LogP contribution is 2.24. The molecule has 0 aliphatic carbocycles. The average molecular weight is 484 g/mol. The van der Waals surface area contributed by atoms with E-state index in [9.17, 15) is 9.59 Å². The van der Waals surface area contributed by atoms with Gasteiger partial charge in [-0.2, -0.15) is 0 Å². The highest BCUT2D eigenvalue weighted by atomic mass is 79.9. The quantitative estimate of drug-likeness (QED) is 0.183. The van der Waals surface area contributed by atoms with E-state index < -0.39 is 11.8 Å². The van der Waals surface area contributed by atoms with E-state index >= 15 is 0 Å². The monoisotopic (exact) mass is 483 g/mol. The van der Waals surface area contributed by atoms with E-state index in [2.05, 4.69) is 36.7 Å². The molecule has 0 atom stereocenters. The van der Waals surface area contributed by atoms with Gasteiger partial charge in [0.1, 0.15) is 11.6 Å². The first-order valence-electron chi connectivity index (χ1n) is 8.91. The maximum absolute atomic E-state index is 12.8. The number of nitrogens with zero attached hydrogens (tertiary/aromatic N) is 2. The number of methoxy groups -OCH3 is 1. The summed E-state index contributed by atoms with van der Waals surface area (Å²) < 4.78 is 5.98. The Morgan fingerprint density at radius 2 is 1.74 bits per heavy atom. The Balaban J connectivity index is 1.84. The highest BCUT2D eigenvalue weighted by Gasteiger charge is 2.17. The molecule has 0 spiro atoms. The Kier molecular flexibility index (Phi) is 6.83. The first-order chi connectivity index (χ1) is 14.9. The number of aromatic nitrogens is 1. The van der Waals surface area contributed by atoms with Crippen molar-refractivity contribution in [2.24, 2.45) is 10.9 Å². The van der Waals surface area contributed by atoms with Gasteiger partial charge >= 0.3 is 0 Å². The Labute approximate surface area is 186 Å². The first kappa shape index (κ1) is 21.8. The molecule has 10 heteroatoms. The summed E-state index contributed by atoms with van der Waals surface area (Å²) in [6.07, 6.45) is 1.56. The summed E-state index contributed by atoms with van der Waals surface area (Å²) in [5, 5.41) is 17.1. The van der Waals surface area contributed by atoms with Gasteiger partial charge in [-0.25, -0.2) is 4.98 Å². The van der Waals surface area contributed by atoms with E-state index in [-0.39, 0.29) is 11.4 Å². The molecule has 1 heterocycles. The Morgan fingerprint density at radius 3 is 2.35 bits per heavy atom. The number of nitrogens with two attached hydrogens (primary N) is 1. The lowest BCUT2D eigenvalue weighted by atomic mass is 10.1. The van der Waals surface area contributed by atoms with Crippen molar-refractivity contribution in [3.8, 4) is 5.75 Å². The number of rotatable bonds is 6. The number of hydrogen-bond donors (Lipinski definition) is 4. The van der Waals surface area contributed by atoms with Gasteiger partial charge in [-0.1, -0.05) is 17.3 Å². The van der Waals surface area contributed by atoms with Gasteiger partial charge in [-0.3, -0.25) is 9.59 Å². The molecule has 5 N–H and O–H groups in total. The smallest absolute Gasteiger partial charge is 0.259 e. The molecule has 0 saturated carbocycles. The largest absolute Gasteiger partial charge is 0.497 e. The van der Waals surface area contributed by atoms with Crippen molar-refractivity contribution in [2.75, 3.05) is 17.7 Å². The number of hydrogen-bond acceptors (Lipinski definition) is 6. The second-order valence-corrected chi connectivity index (χ2v) is 7.16. The molecule has 3 rings (SSSR count). The molecule has 0 aliphatic heterocycles. The molecular weight excluding hydrogens is 466 g/mol. The van der Waals surface area contributed by atoms with Crippen LogP contribution in [0.2, 0.25) is 0 Å². The fraction of sp³-hybridized carbons (Fsp3) is 0.0476. The van der Waals surface area contributed by atoms with Crippen LogP contribution < -0.4 is 21.1 Å². The van der Waals surface area contributed by atoms with Crippen LogP contribution in [0.15, 0.2) is 70.4 Å². The summed E-state index contributed by atoms with van der Waals surface area (Å²) in [5.74, 6) is -0.164. The van der Waals surface area contributed by atoms with E-state index in [4.69, 9.17) is 15.7 Å². The van der Waals surface area contributed by atoms with Crippen LogP contribution in [0.3, 0.4) is 0 Å².